The Hall–Kier alpha value is -2.53. The Balaban J connectivity index is 1.49. The first-order valence-corrected chi connectivity index (χ1v) is 8.68. The molecule has 3 rings (SSSR count). The number of anilines is 1. The Bertz CT molecular complexity index is 678. The van der Waals surface area contributed by atoms with Crippen LogP contribution < -0.4 is 9.64 Å². The van der Waals surface area contributed by atoms with Gasteiger partial charge in [0.05, 0.1) is 12.8 Å². The zero-order valence-electron chi connectivity index (χ0n) is 14.6. The molecule has 132 valence electrons. The maximum absolute atomic E-state index is 9.29. The van der Waals surface area contributed by atoms with Crippen LogP contribution in [-0.4, -0.2) is 55.7 Å². The lowest BCUT2D eigenvalue weighted by Gasteiger charge is -2.36. The SMILES string of the molecule is COc1ccc(N2CCN(CCC(=NO)c3ccccc3)CC2)cc1. The van der Waals surface area contributed by atoms with E-state index in [9.17, 15) is 5.21 Å². The third-order valence-corrected chi connectivity index (χ3v) is 4.70. The molecule has 25 heavy (non-hydrogen) atoms. The number of ether oxygens (including phenoxy) is 1. The number of hydrogen-bond donors (Lipinski definition) is 1. The molecule has 1 heterocycles. The Labute approximate surface area is 149 Å². The van der Waals surface area contributed by atoms with E-state index in [1.807, 2.05) is 42.5 Å². The molecule has 5 nitrogen and oxygen atoms in total. The second kappa shape index (κ2) is 8.53. The van der Waals surface area contributed by atoms with Crippen molar-refractivity contribution in [3.63, 3.8) is 0 Å². The third kappa shape index (κ3) is 4.51. The quantitative estimate of drug-likeness (QED) is 0.499. The fourth-order valence-electron chi connectivity index (χ4n) is 3.17. The van der Waals surface area contributed by atoms with Crippen LogP contribution in [-0.2, 0) is 0 Å². The molecular formula is C20H25N3O2. The summed E-state index contributed by atoms with van der Waals surface area (Å²) in [4.78, 5) is 4.82. The summed E-state index contributed by atoms with van der Waals surface area (Å²) in [7, 11) is 1.69. The van der Waals surface area contributed by atoms with E-state index < -0.39 is 0 Å². The van der Waals surface area contributed by atoms with Crippen molar-refractivity contribution < 1.29 is 9.94 Å². The van der Waals surface area contributed by atoms with Crippen LogP contribution in [0.15, 0.2) is 59.8 Å². The van der Waals surface area contributed by atoms with Gasteiger partial charge in [0.2, 0.25) is 0 Å². The predicted molar refractivity (Wildman–Crippen MR) is 101 cm³/mol. The summed E-state index contributed by atoms with van der Waals surface area (Å²) in [6.07, 6.45) is 0.753. The standard InChI is InChI=1S/C20H25N3O2/c1-25-19-9-7-18(8-10-19)23-15-13-22(14-16-23)12-11-20(21-24)17-5-3-2-4-6-17/h2-10,24H,11-16H2,1H3. The van der Waals surface area contributed by atoms with Crippen LogP contribution in [0.4, 0.5) is 5.69 Å². The number of nitrogens with zero attached hydrogens (tertiary/aromatic N) is 3. The minimum absolute atomic E-state index is 0.748. The first-order valence-electron chi connectivity index (χ1n) is 8.68. The first-order chi connectivity index (χ1) is 12.3. The molecule has 0 amide bonds. The maximum atomic E-state index is 9.29. The van der Waals surface area contributed by atoms with E-state index in [1.54, 1.807) is 7.11 Å². The number of hydrogen-bond acceptors (Lipinski definition) is 5. The van der Waals surface area contributed by atoms with E-state index in [2.05, 4.69) is 27.1 Å². The van der Waals surface area contributed by atoms with Gasteiger partial charge in [-0.3, -0.25) is 4.90 Å². The largest absolute Gasteiger partial charge is 0.497 e. The summed E-state index contributed by atoms with van der Waals surface area (Å²) < 4.78 is 5.22. The van der Waals surface area contributed by atoms with E-state index >= 15 is 0 Å². The van der Waals surface area contributed by atoms with Gasteiger partial charge in [-0.2, -0.15) is 0 Å². The number of oxime groups is 1. The number of piperazine rings is 1. The van der Waals surface area contributed by atoms with E-state index in [0.717, 1.165) is 56.2 Å². The molecule has 1 aliphatic heterocycles. The molecule has 0 unspecified atom stereocenters. The summed E-state index contributed by atoms with van der Waals surface area (Å²) in [6.45, 7) is 4.94. The molecule has 0 saturated carbocycles. The van der Waals surface area contributed by atoms with E-state index in [4.69, 9.17) is 4.74 Å². The van der Waals surface area contributed by atoms with Crippen LogP contribution in [0.5, 0.6) is 5.75 Å². The topological polar surface area (TPSA) is 48.3 Å². The fourth-order valence-corrected chi connectivity index (χ4v) is 3.17. The van der Waals surface area contributed by atoms with Gasteiger partial charge in [0.15, 0.2) is 0 Å². The van der Waals surface area contributed by atoms with Crippen LogP contribution in [0.2, 0.25) is 0 Å². The van der Waals surface area contributed by atoms with Gasteiger partial charge in [0.25, 0.3) is 0 Å². The molecule has 2 aromatic rings. The van der Waals surface area contributed by atoms with Crippen molar-refractivity contribution in [1.29, 1.82) is 0 Å². The maximum Gasteiger partial charge on any atom is 0.119 e. The third-order valence-electron chi connectivity index (χ3n) is 4.70. The zero-order valence-corrected chi connectivity index (χ0v) is 14.6. The fraction of sp³-hybridized carbons (Fsp3) is 0.350. The molecule has 5 heteroatoms. The van der Waals surface area contributed by atoms with Crippen molar-refractivity contribution in [2.24, 2.45) is 5.16 Å². The predicted octanol–water partition coefficient (Wildman–Crippen LogP) is 3.09. The molecule has 1 aliphatic rings. The molecule has 0 spiro atoms. The minimum atomic E-state index is 0.748. The number of benzene rings is 2. The van der Waals surface area contributed by atoms with Gasteiger partial charge < -0.3 is 14.8 Å². The molecule has 2 aromatic carbocycles. The summed E-state index contributed by atoms with van der Waals surface area (Å²) in [5.74, 6) is 0.888. The summed E-state index contributed by atoms with van der Waals surface area (Å²) in [6, 6.07) is 18.1. The second-order valence-electron chi connectivity index (χ2n) is 6.19. The van der Waals surface area contributed by atoms with Crippen molar-refractivity contribution in [3.05, 3.63) is 60.2 Å². The Morgan fingerprint density at radius 3 is 2.28 bits per heavy atom. The highest BCUT2D eigenvalue weighted by Crippen LogP contribution is 2.20. The molecule has 1 N–H and O–H groups in total. The normalized spacial score (nSPS) is 16.0. The Morgan fingerprint density at radius 1 is 1.00 bits per heavy atom. The molecule has 0 bridgehead atoms. The van der Waals surface area contributed by atoms with Gasteiger partial charge in [0, 0.05) is 44.8 Å². The van der Waals surface area contributed by atoms with E-state index in [-0.39, 0.29) is 0 Å². The van der Waals surface area contributed by atoms with Gasteiger partial charge in [-0.05, 0) is 29.8 Å². The van der Waals surface area contributed by atoms with E-state index in [0.29, 0.717) is 0 Å². The van der Waals surface area contributed by atoms with Gasteiger partial charge >= 0.3 is 0 Å². The highest BCUT2D eigenvalue weighted by atomic mass is 16.5. The van der Waals surface area contributed by atoms with Crippen molar-refractivity contribution in [3.8, 4) is 5.75 Å². The highest BCUT2D eigenvalue weighted by molar-refractivity contribution is 6.00. The van der Waals surface area contributed by atoms with Gasteiger partial charge in [-0.25, -0.2) is 0 Å². The average Bonchev–Trinajstić information content (AvgIpc) is 2.70. The molecule has 1 saturated heterocycles. The Morgan fingerprint density at radius 2 is 1.68 bits per heavy atom. The number of methoxy groups -OCH3 is 1. The van der Waals surface area contributed by atoms with Crippen LogP contribution in [0.3, 0.4) is 0 Å². The van der Waals surface area contributed by atoms with E-state index in [1.165, 1.54) is 5.69 Å². The smallest absolute Gasteiger partial charge is 0.119 e. The molecule has 1 fully saturated rings. The Kier molecular flexibility index (Phi) is 5.90. The average molecular weight is 339 g/mol. The number of rotatable bonds is 6. The van der Waals surface area contributed by atoms with Crippen LogP contribution in [0.1, 0.15) is 12.0 Å². The van der Waals surface area contributed by atoms with Crippen LogP contribution in [0, 0.1) is 0 Å². The van der Waals surface area contributed by atoms with Crippen molar-refractivity contribution in [1.82, 2.24) is 4.90 Å². The van der Waals surface area contributed by atoms with Gasteiger partial charge in [-0.1, -0.05) is 35.5 Å². The zero-order chi connectivity index (χ0) is 17.5. The second-order valence-corrected chi connectivity index (χ2v) is 6.19. The van der Waals surface area contributed by atoms with Crippen molar-refractivity contribution in [2.45, 2.75) is 6.42 Å². The summed E-state index contributed by atoms with van der Waals surface area (Å²) in [5.41, 5.74) is 2.97. The van der Waals surface area contributed by atoms with Crippen molar-refractivity contribution >= 4 is 11.4 Å². The lowest BCUT2D eigenvalue weighted by Crippen LogP contribution is -2.46. The minimum Gasteiger partial charge on any atom is -0.497 e. The molecule has 0 atom stereocenters. The van der Waals surface area contributed by atoms with Crippen LogP contribution >= 0.6 is 0 Å². The molecule has 0 radical (unpaired) electrons. The molecule has 0 aromatic heterocycles. The van der Waals surface area contributed by atoms with Gasteiger partial charge in [0.1, 0.15) is 5.75 Å². The first kappa shape index (κ1) is 17.3. The van der Waals surface area contributed by atoms with Gasteiger partial charge in [-0.15, -0.1) is 0 Å². The highest BCUT2D eigenvalue weighted by Gasteiger charge is 2.18. The monoisotopic (exact) mass is 339 g/mol. The molecule has 0 aliphatic carbocycles. The molecular weight excluding hydrogens is 314 g/mol. The summed E-state index contributed by atoms with van der Waals surface area (Å²) >= 11 is 0. The van der Waals surface area contributed by atoms with Crippen molar-refractivity contribution in [2.75, 3.05) is 44.7 Å². The summed E-state index contributed by atoms with van der Waals surface area (Å²) in [5, 5.41) is 12.8. The van der Waals surface area contributed by atoms with Crippen LogP contribution in [0.25, 0.3) is 0 Å². The lowest BCUT2D eigenvalue weighted by atomic mass is 10.1. The lowest BCUT2D eigenvalue weighted by molar-refractivity contribution is 0.262.